The summed E-state index contributed by atoms with van der Waals surface area (Å²) in [5, 5.41) is 3.27. The van der Waals surface area contributed by atoms with Crippen molar-refractivity contribution in [3.05, 3.63) is 0 Å². The molecular weight excluding hydrogens is 246 g/mol. The summed E-state index contributed by atoms with van der Waals surface area (Å²) in [5.74, 6) is 6.04. The van der Waals surface area contributed by atoms with Gasteiger partial charge in [-0.2, -0.15) is 0 Å². The molecule has 0 radical (unpaired) electrons. The molecule has 1 heterocycles. The Kier molecular flexibility index (Phi) is 7.02. The molecule has 1 saturated heterocycles. The van der Waals surface area contributed by atoms with Gasteiger partial charge in [0, 0.05) is 25.7 Å². The van der Waals surface area contributed by atoms with E-state index < -0.39 is 0 Å². The Bertz CT molecular complexity index is 300. The van der Waals surface area contributed by atoms with Crippen LogP contribution in [-0.2, 0) is 4.74 Å². The first kappa shape index (κ1) is 15.6. The summed E-state index contributed by atoms with van der Waals surface area (Å²) in [4.78, 5) is 17.6. The zero-order valence-electron chi connectivity index (χ0n) is 11.8. The molecule has 0 atom stereocenters. The Balaban J connectivity index is 2.35. The minimum atomic E-state index is -0.224. The summed E-state index contributed by atoms with van der Waals surface area (Å²) in [6.45, 7) is 6.44. The molecular formula is C12H25N5O2. The number of likely N-dealkylation sites (tertiary alicyclic amines) is 1. The molecule has 19 heavy (non-hydrogen) atoms. The molecule has 0 aromatic carbocycles. The number of hydrazine groups is 1. The predicted molar refractivity (Wildman–Crippen MR) is 74.7 cm³/mol. The molecule has 1 amide bonds. The topological polar surface area (TPSA) is 92.0 Å². The van der Waals surface area contributed by atoms with E-state index in [9.17, 15) is 4.79 Å². The molecule has 0 spiro atoms. The number of carbonyl (C=O) groups is 1. The van der Waals surface area contributed by atoms with Gasteiger partial charge in [-0.05, 0) is 26.2 Å². The van der Waals surface area contributed by atoms with E-state index in [-0.39, 0.29) is 12.1 Å². The number of nitrogens with two attached hydrogens (primary N) is 1. The molecule has 0 aromatic rings. The third-order valence-electron chi connectivity index (χ3n) is 2.99. The number of aliphatic imine (C=N–C) groups is 1. The Morgan fingerprint density at radius 1 is 1.42 bits per heavy atom. The Morgan fingerprint density at radius 3 is 2.63 bits per heavy atom. The molecule has 0 aromatic heterocycles. The van der Waals surface area contributed by atoms with Crippen LogP contribution in [0.5, 0.6) is 0 Å². The van der Waals surface area contributed by atoms with Crippen LogP contribution in [0.25, 0.3) is 0 Å². The summed E-state index contributed by atoms with van der Waals surface area (Å²) in [6, 6.07) is 0.289. The van der Waals surface area contributed by atoms with E-state index >= 15 is 0 Å². The van der Waals surface area contributed by atoms with Gasteiger partial charge >= 0.3 is 6.09 Å². The van der Waals surface area contributed by atoms with Gasteiger partial charge in [0.1, 0.15) is 0 Å². The highest BCUT2D eigenvalue weighted by molar-refractivity contribution is 5.79. The number of hydrogen-bond donors (Lipinski definition) is 3. The smallest absolute Gasteiger partial charge is 0.409 e. The molecule has 4 N–H and O–H groups in total. The highest BCUT2D eigenvalue weighted by atomic mass is 16.6. The van der Waals surface area contributed by atoms with E-state index in [1.807, 2.05) is 6.92 Å². The SMILES string of the molecule is CCCN=C(NN)NC1CCN(C(=O)OCC)CC1. The zero-order valence-corrected chi connectivity index (χ0v) is 11.8. The van der Waals surface area contributed by atoms with Crippen LogP contribution in [0, 0.1) is 0 Å². The van der Waals surface area contributed by atoms with Crippen molar-refractivity contribution in [3.8, 4) is 0 Å². The summed E-state index contributed by atoms with van der Waals surface area (Å²) >= 11 is 0. The Labute approximate surface area is 114 Å². The lowest BCUT2D eigenvalue weighted by Gasteiger charge is -2.32. The average molecular weight is 271 g/mol. The van der Waals surface area contributed by atoms with Gasteiger partial charge in [-0.1, -0.05) is 6.92 Å². The van der Waals surface area contributed by atoms with Gasteiger partial charge in [0.05, 0.1) is 6.61 Å². The molecule has 0 bridgehead atoms. The van der Waals surface area contributed by atoms with Crippen molar-refractivity contribution in [3.63, 3.8) is 0 Å². The van der Waals surface area contributed by atoms with E-state index in [4.69, 9.17) is 10.6 Å². The number of nitrogens with one attached hydrogen (secondary N) is 2. The van der Waals surface area contributed by atoms with Crippen LogP contribution >= 0.6 is 0 Å². The molecule has 110 valence electrons. The van der Waals surface area contributed by atoms with Crippen LogP contribution in [0.1, 0.15) is 33.1 Å². The molecule has 1 aliphatic heterocycles. The molecule has 0 unspecified atom stereocenters. The van der Waals surface area contributed by atoms with Gasteiger partial charge in [-0.3, -0.25) is 10.4 Å². The van der Waals surface area contributed by atoms with Crippen molar-refractivity contribution in [1.82, 2.24) is 15.6 Å². The van der Waals surface area contributed by atoms with Gasteiger partial charge in [0.15, 0.2) is 0 Å². The summed E-state index contributed by atoms with van der Waals surface area (Å²) < 4.78 is 4.98. The molecule has 1 aliphatic rings. The van der Waals surface area contributed by atoms with Crippen LogP contribution < -0.4 is 16.6 Å². The molecule has 7 nitrogen and oxygen atoms in total. The van der Waals surface area contributed by atoms with Crippen LogP contribution in [0.3, 0.4) is 0 Å². The number of carbonyl (C=O) groups excluding carboxylic acids is 1. The van der Waals surface area contributed by atoms with Gasteiger partial charge in [0.25, 0.3) is 0 Å². The van der Waals surface area contributed by atoms with E-state index in [2.05, 4.69) is 22.7 Å². The standard InChI is InChI=1S/C12H25N5O2/c1-3-7-14-11(16-13)15-10-5-8-17(9-6-10)12(18)19-4-2/h10H,3-9,13H2,1-2H3,(H2,14,15,16). The largest absolute Gasteiger partial charge is 0.450 e. The first-order chi connectivity index (χ1) is 9.21. The van der Waals surface area contributed by atoms with Crippen molar-refractivity contribution in [1.29, 1.82) is 0 Å². The highest BCUT2D eigenvalue weighted by Gasteiger charge is 2.23. The lowest BCUT2D eigenvalue weighted by Crippen LogP contribution is -2.51. The number of guanidine groups is 1. The van der Waals surface area contributed by atoms with Crippen LogP contribution in [0.15, 0.2) is 4.99 Å². The van der Waals surface area contributed by atoms with Gasteiger partial charge in [-0.15, -0.1) is 0 Å². The summed E-state index contributed by atoms with van der Waals surface area (Å²) in [7, 11) is 0. The quantitative estimate of drug-likeness (QED) is 0.298. The van der Waals surface area contributed by atoms with Gasteiger partial charge in [-0.25, -0.2) is 10.6 Å². The second-order valence-electron chi connectivity index (χ2n) is 4.48. The van der Waals surface area contributed by atoms with E-state index in [0.717, 1.165) is 25.8 Å². The maximum absolute atomic E-state index is 11.6. The predicted octanol–water partition coefficient (Wildman–Crippen LogP) is 0.426. The summed E-state index contributed by atoms with van der Waals surface area (Å²) in [5.41, 5.74) is 2.57. The lowest BCUT2D eigenvalue weighted by atomic mass is 10.1. The number of piperidine rings is 1. The van der Waals surface area contributed by atoms with Crippen molar-refractivity contribution < 1.29 is 9.53 Å². The zero-order chi connectivity index (χ0) is 14.1. The van der Waals surface area contributed by atoms with Gasteiger partial charge < -0.3 is 15.0 Å². The average Bonchev–Trinajstić information content (AvgIpc) is 2.44. The maximum Gasteiger partial charge on any atom is 0.409 e. The van der Waals surface area contributed by atoms with Crippen molar-refractivity contribution in [2.45, 2.75) is 39.2 Å². The normalized spacial score (nSPS) is 17.2. The first-order valence-corrected chi connectivity index (χ1v) is 6.90. The third-order valence-corrected chi connectivity index (χ3v) is 2.99. The van der Waals surface area contributed by atoms with Crippen LogP contribution in [0.4, 0.5) is 4.79 Å². The van der Waals surface area contributed by atoms with Gasteiger partial charge in [0.2, 0.25) is 5.96 Å². The Hall–Kier alpha value is -1.50. The number of hydrogen-bond acceptors (Lipinski definition) is 4. The van der Waals surface area contributed by atoms with Crippen LogP contribution in [-0.4, -0.2) is 49.2 Å². The second kappa shape index (κ2) is 8.58. The number of ether oxygens (including phenoxy) is 1. The van der Waals surface area contributed by atoms with Crippen molar-refractivity contribution in [2.24, 2.45) is 10.8 Å². The Morgan fingerprint density at radius 2 is 2.11 bits per heavy atom. The fraction of sp³-hybridized carbons (Fsp3) is 0.833. The minimum Gasteiger partial charge on any atom is -0.450 e. The maximum atomic E-state index is 11.6. The highest BCUT2D eigenvalue weighted by Crippen LogP contribution is 2.11. The van der Waals surface area contributed by atoms with Crippen molar-refractivity contribution in [2.75, 3.05) is 26.2 Å². The molecule has 7 heteroatoms. The number of amides is 1. The lowest BCUT2D eigenvalue weighted by molar-refractivity contribution is 0.0963. The molecule has 0 saturated carbocycles. The minimum absolute atomic E-state index is 0.224. The number of nitrogens with zero attached hydrogens (tertiary/aromatic N) is 2. The molecule has 1 fully saturated rings. The molecule has 0 aliphatic carbocycles. The van der Waals surface area contributed by atoms with E-state index in [1.54, 1.807) is 4.90 Å². The second-order valence-corrected chi connectivity index (χ2v) is 4.48. The fourth-order valence-corrected chi connectivity index (χ4v) is 1.97. The van der Waals surface area contributed by atoms with Crippen LogP contribution in [0.2, 0.25) is 0 Å². The molecule has 1 rings (SSSR count). The van der Waals surface area contributed by atoms with E-state index in [0.29, 0.717) is 25.7 Å². The first-order valence-electron chi connectivity index (χ1n) is 6.90. The monoisotopic (exact) mass is 271 g/mol. The number of rotatable bonds is 4. The van der Waals surface area contributed by atoms with Crippen molar-refractivity contribution >= 4 is 12.1 Å². The summed E-state index contributed by atoms with van der Waals surface area (Å²) in [6.07, 6.45) is 2.49. The third kappa shape index (κ3) is 5.34. The van der Waals surface area contributed by atoms with E-state index in [1.165, 1.54) is 0 Å². The fourth-order valence-electron chi connectivity index (χ4n) is 1.97.